The van der Waals surface area contributed by atoms with Crippen molar-refractivity contribution in [2.45, 2.75) is 37.6 Å². The van der Waals surface area contributed by atoms with Crippen LogP contribution < -0.4 is 0 Å². The largest absolute Gasteiger partial charge is 0.463 e. The Labute approximate surface area is 134 Å². The van der Waals surface area contributed by atoms with Crippen LogP contribution in [0.25, 0.3) is 0 Å². The van der Waals surface area contributed by atoms with Crippen LogP contribution in [0.1, 0.15) is 18.8 Å². The Bertz CT molecular complexity index is 557. The highest BCUT2D eigenvalue weighted by Crippen LogP contribution is 2.35. The van der Waals surface area contributed by atoms with E-state index in [0.29, 0.717) is 13.2 Å². The van der Waals surface area contributed by atoms with Gasteiger partial charge in [0.15, 0.2) is 6.29 Å². The van der Waals surface area contributed by atoms with E-state index in [9.17, 15) is 9.90 Å². The molecule has 2 heterocycles. The zero-order valence-electron chi connectivity index (χ0n) is 12.8. The molecule has 23 heavy (non-hydrogen) atoms. The molecule has 6 nitrogen and oxygen atoms in total. The summed E-state index contributed by atoms with van der Waals surface area (Å²) < 4.78 is 22.0. The van der Waals surface area contributed by atoms with E-state index in [4.69, 9.17) is 18.9 Å². The Kier molecular flexibility index (Phi) is 5.07. The first-order valence-electron chi connectivity index (χ1n) is 7.69. The molecule has 0 amide bonds. The first-order chi connectivity index (χ1) is 11.2. The van der Waals surface area contributed by atoms with Gasteiger partial charge in [-0.3, -0.25) is 0 Å². The topological polar surface area (TPSA) is 74.2 Å². The maximum absolute atomic E-state index is 11.4. The summed E-state index contributed by atoms with van der Waals surface area (Å²) in [4.78, 5) is 11.4. The van der Waals surface area contributed by atoms with E-state index in [2.05, 4.69) is 0 Å². The summed E-state index contributed by atoms with van der Waals surface area (Å²) in [5, 5.41) is 10.4. The number of fused-ring (bicyclic) bond motifs is 1. The lowest BCUT2D eigenvalue weighted by Gasteiger charge is -2.32. The minimum absolute atomic E-state index is 0.304. The molecule has 0 unspecified atom stereocenters. The fourth-order valence-electron chi connectivity index (χ4n) is 2.74. The molecule has 0 radical (unpaired) electrons. The lowest BCUT2D eigenvalue weighted by molar-refractivity contribution is -0.252. The molecule has 0 spiro atoms. The number of rotatable bonds is 4. The molecule has 2 saturated heterocycles. The molecule has 6 heteroatoms. The zero-order chi connectivity index (χ0) is 16.2. The molecule has 2 aliphatic heterocycles. The predicted molar refractivity (Wildman–Crippen MR) is 80.4 cm³/mol. The highest BCUT2D eigenvalue weighted by molar-refractivity contribution is 5.81. The van der Waals surface area contributed by atoms with Crippen LogP contribution in [-0.2, 0) is 23.7 Å². The third-order valence-electron chi connectivity index (χ3n) is 3.84. The first kappa shape index (κ1) is 16.1. The average Bonchev–Trinajstić information content (AvgIpc) is 2.90. The Morgan fingerprint density at radius 3 is 2.87 bits per heavy atom. The number of hydrogen-bond donors (Lipinski definition) is 1. The SMILES string of the molecule is CCOC(=O)/C=C/[C@H]1O[C@@H]2CO[C@@H](c3ccccc3)O[C@H]2[C@@H]1O. The highest BCUT2D eigenvalue weighted by atomic mass is 16.7. The first-order valence-corrected chi connectivity index (χ1v) is 7.69. The van der Waals surface area contributed by atoms with Gasteiger partial charge in [-0.1, -0.05) is 30.3 Å². The molecule has 3 rings (SSSR count). The van der Waals surface area contributed by atoms with Gasteiger partial charge in [0, 0.05) is 11.6 Å². The van der Waals surface area contributed by atoms with Gasteiger partial charge in [0.1, 0.15) is 24.4 Å². The summed E-state index contributed by atoms with van der Waals surface area (Å²) >= 11 is 0. The second-order valence-electron chi connectivity index (χ2n) is 5.42. The summed E-state index contributed by atoms with van der Waals surface area (Å²) in [7, 11) is 0. The van der Waals surface area contributed by atoms with Gasteiger partial charge in [0.25, 0.3) is 0 Å². The summed E-state index contributed by atoms with van der Waals surface area (Å²) in [5.41, 5.74) is 0.892. The molecular weight excluding hydrogens is 300 g/mol. The molecule has 2 aliphatic rings. The van der Waals surface area contributed by atoms with Gasteiger partial charge >= 0.3 is 5.97 Å². The van der Waals surface area contributed by atoms with E-state index < -0.39 is 30.6 Å². The summed E-state index contributed by atoms with van der Waals surface area (Å²) in [6, 6.07) is 9.54. The smallest absolute Gasteiger partial charge is 0.330 e. The molecule has 0 aliphatic carbocycles. The van der Waals surface area contributed by atoms with Gasteiger partial charge in [-0.2, -0.15) is 0 Å². The summed E-state index contributed by atoms with van der Waals surface area (Å²) in [5.74, 6) is -0.461. The van der Waals surface area contributed by atoms with E-state index in [1.165, 1.54) is 12.2 Å². The van der Waals surface area contributed by atoms with E-state index in [0.717, 1.165) is 5.56 Å². The molecule has 0 aromatic heterocycles. The van der Waals surface area contributed by atoms with Gasteiger partial charge in [-0.15, -0.1) is 0 Å². The Hall–Kier alpha value is -1.73. The van der Waals surface area contributed by atoms with E-state index in [1.54, 1.807) is 6.92 Å². The lowest BCUT2D eigenvalue weighted by atomic mass is 10.1. The second kappa shape index (κ2) is 7.23. The number of carbonyl (C=O) groups is 1. The standard InChI is InChI=1S/C17H20O6/c1-2-20-14(18)9-8-12-15(19)16-13(22-12)10-21-17(23-16)11-6-4-3-5-7-11/h3-9,12-13,15-17,19H,2,10H2,1H3/b9-8+/t12-,13-,15-,16-,17-/m1/s1. The Morgan fingerprint density at radius 2 is 2.13 bits per heavy atom. The van der Waals surface area contributed by atoms with Crippen LogP contribution in [0.15, 0.2) is 42.5 Å². The Morgan fingerprint density at radius 1 is 1.35 bits per heavy atom. The molecule has 1 N–H and O–H groups in total. The maximum atomic E-state index is 11.4. The molecular formula is C17H20O6. The maximum Gasteiger partial charge on any atom is 0.330 e. The molecule has 1 aromatic carbocycles. The number of aliphatic hydroxyl groups is 1. The fourth-order valence-corrected chi connectivity index (χ4v) is 2.74. The van der Waals surface area contributed by atoms with Crippen molar-refractivity contribution in [2.24, 2.45) is 0 Å². The number of aliphatic hydroxyl groups excluding tert-OH is 1. The van der Waals surface area contributed by atoms with Gasteiger partial charge in [0.05, 0.1) is 13.2 Å². The monoisotopic (exact) mass is 320 g/mol. The third kappa shape index (κ3) is 3.61. The van der Waals surface area contributed by atoms with Gasteiger partial charge in [0.2, 0.25) is 0 Å². The minimum atomic E-state index is -0.860. The van der Waals surface area contributed by atoms with Crippen molar-refractivity contribution in [3.63, 3.8) is 0 Å². The van der Waals surface area contributed by atoms with Crippen LogP contribution in [0.3, 0.4) is 0 Å². The minimum Gasteiger partial charge on any atom is -0.463 e. The molecule has 124 valence electrons. The number of benzene rings is 1. The lowest BCUT2D eigenvalue weighted by Crippen LogP contribution is -2.42. The summed E-state index contributed by atoms with van der Waals surface area (Å²) in [6.07, 6.45) is -0.0871. The van der Waals surface area contributed by atoms with Crippen LogP contribution in [0.5, 0.6) is 0 Å². The van der Waals surface area contributed by atoms with Gasteiger partial charge in [-0.25, -0.2) is 4.79 Å². The van der Waals surface area contributed by atoms with Gasteiger partial charge < -0.3 is 24.1 Å². The predicted octanol–water partition coefficient (Wildman–Crippen LogP) is 1.35. The molecule has 1 aromatic rings. The van der Waals surface area contributed by atoms with E-state index in [1.807, 2.05) is 30.3 Å². The van der Waals surface area contributed by atoms with Crippen molar-refractivity contribution in [3.8, 4) is 0 Å². The van der Waals surface area contributed by atoms with Crippen molar-refractivity contribution in [2.75, 3.05) is 13.2 Å². The molecule has 0 saturated carbocycles. The average molecular weight is 320 g/mol. The highest BCUT2D eigenvalue weighted by Gasteiger charge is 2.47. The molecule has 2 fully saturated rings. The van der Waals surface area contributed by atoms with Crippen LogP contribution in [-0.4, -0.2) is 48.7 Å². The number of hydrogen-bond acceptors (Lipinski definition) is 6. The van der Waals surface area contributed by atoms with Crippen molar-refractivity contribution >= 4 is 5.97 Å². The van der Waals surface area contributed by atoms with Crippen molar-refractivity contribution in [1.29, 1.82) is 0 Å². The molecule has 5 atom stereocenters. The van der Waals surface area contributed by atoms with Gasteiger partial charge in [-0.05, 0) is 13.0 Å². The summed E-state index contributed by atoms with van der Waals surface area (Å²) in [6.45, 7) is 2.36. The van der Waals surface area contributed by atoms with Crippen molar-refractivity contribution < 1.29 is 28.8 Å². The fraction of sp³-hybridized carbons (Fsp3) is 0.471. The number of esters is 1. The normalized spacial score (nSPS) is 33.6. The quantitative estimate of drug-likeness (QED) is 0.667. The molecule has 0 bridgehead atoms. The second-order valence-corrected chi connectivity index (χ2v) is 5.42. The van der Waals surface area contributed by atoms with Crippen LogP contribution in [0.2, 0.25) is 0 Å². The van der Waals surface area contributed by atoms with Crippen LogP contribution >= 0.6 is 0 Å². The van der Waals surface area contributed by atoms with E-state index >= 15 is 0 Å². The number of ether oxygens (including phenoxy) is 4. The van der Waals surface area contributed by atoms with Crippen molar-refractivity contribution in [3.05, 3.63) is 48.0 Å². The number of carbonyl (C=O) groups excluding carboxylic acids is 1. The van der Waals surface area contributed by atoms with Crippen LogP contribution in [0.4, 0.5) is 0 Å². The van der Waals surface area contributed by atoms with Crippen molar-refractivity contribution in [1.82, 2.24) is 0 Å². The van der Waals surface area contributed by atoms with E-state index in [-0.39, 0.29) is 6.10 Å². The zero-order valence-corrected chi connectivity index (χ0v) is 12.8. The Balaban J connectivity index is 1.64. The third-order valence-corrected chi connectivity index (χ3v) is 3.84. The van der Waals surface area contributed by atoms with Crippen LogP contribution in [0, 0.1) is 0 Å².